The maximum atomic E-state index is 12.1. The predicted octanol–water partition coefficient (Wildman–Crippen LogP) is 4.03. The molecule has 0 aliphatic carbocycles. The van der Waals surface area contributed by atoms with Crippen LogP contribution in [0.5, 0.6) is 0 Å². The molecule has 5 heteroatoms. The zero-order chi connectivity index (χ0) is 16.0. The summed E-state index contributed by atoms with van der Waals surface area (Å²) in [6.07, 6.45) is 4.45. The van der Waals surface area contributed by atoms with Crippen LogP contribution < -0.4 is 4.72 Å². The summed E-state index contributed by atoms with van der Waals surface area (Å²) in [6.45, 7) is 2.28. The largest absolute Gasteiger partial charge is 0.240 e. The zero-order valence-corrected chi connectivity index (χ0v) is 13.9. The molecule has 0 radical (unpaired) electrons. The minimum absolute atomic E-state index is 0.289. The van der Waals surface area contributed by atoms with Gasteiger partial charge in [-0.3, -0.25) is 0 Å². The topological polar surface area (TPSA) is 46.2 Å². The van der Waals surface area contributed by atoms with Gasteiger partial charge < -0.3 is 0 Å². The Labute approximate surface area is 136 Å². The number of hydrogen-bond acceptors (Lipinski definition) is 2. The molecule has 22 heavy (non-hydrogen) atoms. The molecular formula is C17H18ClNO2S. The number of nitrogens with one attached hydrogen (secondary N) is 1. The summed E-state index contributed by atoms with van der Waals surface area (Å²) in [7, 11) is -3.43. The van der Waals surface area contributed by atoms with Gasteiger partial charge in [-0.1, -0.05) is 53.6 Å². The first-order chi connectivity index (χ1) is 10.5. The molecule has 2 aromatic carbocycles. The van der Waals surface area contributed by atoms with Crippen LogP contribution in [0.25, 0.3) is 6.08 Å². The minimum atomic E-state index is -3.43. The summed E-state index contributed by atoms with van der Waals surface area (Å²) in [5.41, 5.74) is 2.03. The lowest BCUT2D eigenvalue weighted by Gasteiger charge is -2.05. The van der Waals surface area contributed by atoms with E-state index in [1.807, 2.05) is 43.3 Å². The lowest BCUT2D eigenvalue weighted by molar-refractivity contribution is 0.582. The Bertz CT molecular complexity index is 752. The Kier molecular flexibility index (Phi) is 5.77. The van der Waals surface area contributed by atoms with E-state index in [4.69, 9.17) is 11.6 Å². The highest BCUT2D eigenvalue weighted by Gasteiger charge is 2.11. The van der Waals surface area contributed by atoms with Crippen LogP contribution in [0, 0.1) is 6.92 Å². The highest BCUT2D eigenvalue weighted by molar-refractivity contribution is 7.89. The van der Waals surface area contributed by atoms with Crippen molar-refractivity contribution in [3.63, 3.8) is 0 Å². The molecule has 0 heterocycles. The predicted molar refractivity (Wildman–Crippen MR) is 91.5 cm³/mol. The van der Waals surface area contributed by atoms with E-state index in [0.717, 1.165) is 11.1 Å². The first kappa shape index (κ1) is 16.7. The van der Waals surface area contributed by atoms with Crippen LogP contribution in [0.2, 0.25) is 5.02 Å². The molecule has 0 aliphatic rings. The van der Waals surface area contributed by atoms with Gasteiger partial charge in [0.1, 0.15) is 0 Å². The summed E-state index contributed by atoms with van der Waals surface area (Å²) in [5, 5.41) is 0.683. The number of rotatable bonds is 6. The number of halogens is 1. The van der Waals surface area contributed by atoms with Gasteiger partial charge in [0.25, 0.3) is 0 Å². The van der Waals surface area contributed by atoms with E-state index in [-0.39, 0.29) is 4.90 Å². The van der Waals surface area contributed by atoms with Gasteiger partial charge >= 0.3 is 0 Å². The second-order valence-corrected chi connectivity index (χ2v) is 7.16. The summed E-state index contributed by atoms with van der Waals surface area (Å²) in [5.74, 6) is 0. The smallest absolute Gasteiger partial charge is 0.211 e. The molecule has 1 N–H and O–H groups in total. The van der Waals surface area contributed by atoms with Crippen molar-refractivity contribution in [2.24, 2.45) is 0 Å². The van der Waals surface area contributed by atoms with E-state index < -0.39 is 10.0 Å². The van der Waals surface area contributed by atoms with Crippen LogP contribution in [0.3, 0.4) is 0 Å². The number of sulfonamides is 1. The minimum Gasteiger partial charge on any atom is -0.211 e. The third-order valence-electron chi connectivity index (χ3n) is 3.09. The normalized spacial score (nSPS) is 11.9. The monoisotopic (exact) mass is 335 g/mol. The Morgan fingerprint density at radius 1 is 1.14 bits per heavy atom. The number of benzene rings is 2. The number of aryl methyl sites for hydroxylation is 1. The first-order valence-electron chi connectivity index (χ1n) is 6.96. The summed E-state index contributed by atoms with van der Waals surface area (Å²) >= 11 is 5.90. The Morgan fingerprint density at radius 3 is 2.55 bits per heavy atom. The molecule has 0 atom stereocenters. The van der Waals surface area contributed by atoms with Crippen molar-refractivity contribution < 1.29 is 8.42 Å². The molecule has 0 saturated carbocycles. The molecule has 0 amide bonds. The van der Waals surface area contributed by atoms with Gasteiger partial charge in [-0.2, -0.15) is 0 Å². The van der Waals surface area contributed by atoms with Crippen molar-refractivity contribution in [3.8, 4) is 0 Å². The maximum absolute atomic E-state index is 12.1. The van der Waals surface area contributed by atoms with Crippen LogP contribution in [0.4, 0.5) is 0 Å². The molecule has 0 aromatic heterocycles. The molecule has 0 aliphatic heterocycles. The average Bonchev–Trinajstić information content (AvgIpc) is 2.47. The van der Waals surface area contributed by atoms with E-state index in [1.165, 1.54) is 0 Å². The third-order valence-corrected chi connectivity index (χ3v) is 4.81. The van der Waals surface area contributed by atoms with Gasteiger partial charge in [0.05, 0.1) is 4.90 Å². The van der Waals surface area contributed by atoms with Crippen molar-refractivity contribution in [2.45, 2.75) is 18.2 Å². The van der Waals surface area contributed by atoms with Crippen molar-refractivity contribution in [1.82, 2.24) is 4.72 Å². The summed E-state index contributed by atoms with van der Waals surface area (Å²) < 4.78 is 26.7. The van der Waals surface area contributed by atoms with E-state index in [9.17, 15) is 8.42 Å². The van der Waals surface area contributed by atoms with Crippen LogP contribution in [-0.2, 0) is 10.0 Å². The lowest BCUT2D eigenvalue weighted by Crippen LogP contribution is -2.24. The molecule has 116 valence electrons. The fourth-order valence-electron chi connectivity index (χ4n) is 1.91. The first-order valence-corrected chi connectivity index (χ1v) is 8.82. The Balaban J connectivity index is 1.86. The van der Waals surface area contributed by atoms with Gasteiger partial charge in [0.15, 0.2) is 0 Å². The second-order valence-electron chi connectivity index (χ2n) is 4.96. The summed E-state index contributed by atoms with van der Waals surface area (Å²) in [4.78, 5) is 0.289. The van der Waals surface area contributed by atoms with E-state index in [2.05, 4.69) is 4.72 Å². The molecule has 0 saturated heterocycles. The Morgan fingerprint density at radius 2 is 1.86 bits per heavy atom. The van der Waals surface area contributed by atoms with Gasteiger partial charge in [-0.25, -0.2) is 13.1 Å². The lowest BCUT2D eigenvalue weighted by atomic mass is 10.2. The quantitative estimate of drug-likeness (QED) is 0.810. The zero-order valence-electron chi connectivity index (χ0n) is 12.3. The number of hydrogen-bond donors (Lipinski definition) is 1. The fraction of sp³-hybridized carbons (Fsp3) is 0.176. The maximum Gasteiger partial charge on any atom is 0.240 e. The van der Waals surface area contributed by atoms with Gasteiger partial charge in [-0.15, -0.1) is 0 Å². The Hall–Kier alpha value is -1.62. The van der Waals surface area contributed by atoms with E-state index >= 15 is 0 Å². The molecule has 0 bridgehead atoms. The van der Waals surface area contributed by atoms with Crippen molar-refractivity contribution in [1.29, 1.82) is 0 Å². The van der Waals surface area contributed by atoms with Crippen LogP contribution in [-0.4, -0.2) is 15.0 Å². The third kappa shape index (κ3) is 4.98. The molecular weight excluding hydrogens is 318 g/mol. The van der Waals surface area contributed by atoms with Crippen LogP contribution >= 0.6 is 11.6 Å². The fourth-order valence-corrected chi connectivity index (χ4v) is 3.15. The van der Waals surface area contributed by atoms with E-state index in [1.54, 1.807) is 24.3 Å². The highest BCUT2D eigenvalue weighted by Crippen LogP contribution is 2.12. The molecule has 0 spiro atoms. The van der Waals surface area contributed by atoms with Crippen LogP contribution in [0.1, 0.15) is 17.5 Å². The average molecular weight is 336 g/mol. The van der Waals surface area contributed by atoms with Crippen molar-refractivity contribution in [3.05, 3.63) is 70.8 Å². The molecule has 2 rings (SSSR count). The molecule has 3 nitrogen and oxygen atoms in total. The van der Waals surface area contributed by atoms with Crippen LogP contribution in [0.15, 0.2) is 59.5 Å². The highest BCUT2D eigenvalue weighted by atomic mass is 35.5. The van der Waals surface area contributed by atoms with Crippen molar-refractivity contribution in [2.75, 3.05) is 6.54 Å². The molecule has 2 aromatic rings. The van der Waals surface area contributed by atoms with E-state index in [0.29, 0.717) is 18.0 Å². The molecule has 0 unspecified atom stereocenters. The van der Waals surface area contributed by atoms with Gasteiger partial charge in [-0.05, 0) is 43.2 Å². The second kappa shape index (κ2) is 7.58. The van der Waals surface area contributed by atoms with Crippen molar-refractivity contribution >= 4 is 27.7 Å². The van der Waals surface area contributed by atoms with Gasteiger partial charge in [0, 0.05) is 11.6 Å². The standard InChI is InChI=1S/C17H18ClNO2S/c1-14-8-10-17(11-9-14)22(20,21)19-12-3-2-5-15-6-4-7-16(18)13-15/h2,4-11,13,19H,3,12H2,1H3/b5-2+. The van der Waals surface area contributed by atoms with Gasteiger partial charge in [0.2, 0.25) is 10.0 Å². The summed E-state index contributed by atoms with van der Waals surface area (Å²) in [6, 6.07) is 14.3. The molecule has 0 fully saturated rings. The SMILES string of the molecule is Cc1ccc(S(=O)(=O)NCC/C=C/c2cccc(Cl)c2)cc1.